The predicted molar refractivity (Wildman–Crippen MR) is 113 cm³/mol. The highest BCUT2D eigenvalue weighted by atomic mass is 19.1. The van der Waals surface area contributed by atoms with Gasteiger partial charge in [-0.3, -0.25) is 9.78 Å². The maximum Gasteiger partial charge on any atom is 0.251 e. The van der Waals surface area contributed by atoms with Gasteiger partial charge in [-0.2, -0.15) is 0 Å². The number of carbonyl (C=O) groups is 1. The Morgan fingerprint density at radius 1 is 1.26 bits per heavy atom. The number of hydrogen-bond donors (Lipinski definition) is 2. The SMILES string of the molecule is Cc1cnc(C)c(-c2ccc(F)c3c2O[C@@H](CNC(=O)c2ccc4nc[nH]c4c2)C3)n1. The maximum absolute atomic E-state index is 14.5. The summed E-state index contributed by atoms with van der Waals surface area (Å²) in [6, 6.07) is 8.36. The van der Waals surface area contributed by atoms with Gasteiger partial charge >= 0.3 is 0 Å². The molecule has 0 spiro atoms. The van der Waals surface area contributed by atoms with Crippen molar-refractivity contribution in [1.82, 2.24) is 25.3 Å². The van der Waals surface area contributed by atoms with Gasteiger partial charge in [0.05, 0.1) is 41.0 Å². The summed E-state index contributed by atoms with van der Waals surface area (Å²) in [5.74, 6) is -0.0752. The molecular formula is C23H20FN5O2. The molecule has 8 heteroatoms. The highest BCUT2D eigenvalue weighted by molar-refractivity contribution is 5.97. The Kier molecular flexibility index (Phi) is 4.62. The minimum absolute atomic E-state index is 0.225. The number of hydrogen-bond acceptors (Lipinski definition) is 5. The number of rotatable bonds is 4. The van der Waals surface area contributed by atoms with Gasteiger partial charge in [-0.15, -0.1) is 0 Å². The fourth-order valence-corrected chi connectivity index (χ4v) is 3.84. The molecule has 0 radical (unpaired) electrons. The van der Waals surface area contributed by atoms with Crippen LogP contribution in [-0.4, -0.2) is 38.5 Å². The standard InChI is InChI=1S/C23H20FN5O2/c1-12-9-25-13(2)21(29-12)16-4-5-18(24)17-8-15(31-22(16)17)10-26-23(30)14-3-6-19-20(7-14)28-11-27-19/h3-7,9,11,15H,8,10H2,1-2H3,(H,26,30)(H,27,28)/t15-/m1/s1. The maximum atomic E-state index is 14.5. The molecule has 0 saturated heterocycles. The summed E-state index contributed by atoms with van der Waals surface area (Å²) >= 11 is 0. The van der Waals surface area contributed by atoms with Gasteiger partial charge in [0, 0.05) is 29.3 Å². The lowest BCUT2D eigenvalue weighted by atomic mass is 10.0. The minimum Gasteiger partial charge on any atom is -0.487 e. The summed E-state index contributed by atoms with van der Waals surface area (Å²) in [7, 11) is 0. The average Bonchev–Trinajstić information content (AvgIpc) is 3.41. The quantitative estimate of drug-likeness (QED) is 0.530. The zero-order chi connectivity index (χ0) is 21.5. The molecule has 0 saturated carbocycles. The van der Waals surface area contributed by atoms with Crippen LogP contribution in [0.2, 0.25) is 0 Å². The summed E-state index contributed by atoms with van der Waals surface area (Å²) in [6.45, 7) is 3.98. The van der Waals surface area contributed by atoms with Crippen molar-refractivity contribution in [3.8, 4) is 17.0 Å². The van der Waals surface area contributed by atoms with E-state index in [1.54, 1.807) is 36.8 Å². The molecule has 1 aliphatic rings. The predicted octanol–water partition coefficient (Wildman–Crippen LogP) is 3.51. The molecular weight excluding hydrogens is 397 g/mol. The molecule has 0 bridgehead atoms. The van der Waals surface area contributed by atoms with Crippen LogP contribution in [0.1, 0.15) is 27.3 Å². The highest BCUT2D eigenvalue weighted by Crippen LogP contribution is 2.40. The van der Waals surface area contributed by atoms with E-state index in [0.717, 1.165) is 22.4 Å². The third-order valence-corrected chi connectivity index (χ3v) is 5.42. The van der Waals surface area contributed by atoms with Crippen LogP contribution in [0.25, 0.3) is 22.3 Å². The number of nitrogens with one attached hydrogen (secondary N) is 2. The largest absolute Gasteiger partial charge is 0.487 e. The Morgan fingerprint density at radius 3 is 3.00 bits per heavy atom. The molecule has 0 fully saturated rings. The minimum atomic E-state index is -0.372. The van der Waals surface area contributed by atoms with Crippen molar-refractivity contribution in [3.63, 3.8) is 0 Å². The number of carbonyl (C=O) groups excluding carboxylic acids is 1. The Labute approximate surface area is 177 Å². The lowest BCUT2D eigenvalue weighted by molar-refractivity contribution is 0.0934. The highest BCUT2D eigenvalue weighted by Gasteiger charge is 2.30. The number of nitrogens with zero attached hydrogens (tertiary/aromatic N) is 3. The summed E-state index contributed by atoms with van der Waals surface area (Å²) in [5, 5.41) is 2.88. The second-order valence-corrected chi connectivity index (χ2v) is 7.64. The van der Waals surface area contributed by atoms with Crippen molar-refractivity contribution in [2.75, 3.05) is 6.54 Å². The van der Waals surface area contributed by atoms with Crippen molar-refractivity contribution >= 4 is 16.9 Å². The smallest absolute Gasteiger partial charge is 0.251 e. The molecule has 1 amide bonds. The van der Waals surface area contributed by atoms with Gasteiger partial charge in [-0.25, -0.2) is 14.4 Å². The number of aromatic amines is 1. The number of aryl methyl sites for hydroxylation is 2. The third-order valence-electron chi connectivity index (χ3n) is 5.42. The molecule has 31 heavy (non-hydrogen) atoms. The molecule has 0 aliphatic carbocycles. The zero-order valence-electron chi connectivity index (χ0n) is 17.1. The van der Waals surface area contributed by atoms with Crippen LogP contribution in [0.15, 0.2) is 42.9 Å². The van der Waals surface area contributed by atoms with E-state index in [-0.39, 0.29) is 24.4 Å². The fourth-order valence-electron chi connectivity index (χ4n) is 3.84. The van der Waals surface area contributed by atoms with Crippen LogP contribution in [-0.2, 0) is 6.42 Å². The Morgan fingerprint density at radius 2 is 2.13 bits per heavy atom. The van der Waals surface area contributed by atoms with E-state index < -0.39 is 0 Å². The molecule has 2 N–H and O–H groups in total. The van der Waals surface area contributed by atoms with Crippen LogP contribution in [0.4, 0.5) is 4.39 Å². The van der Waals surface area contributed by atoms with Crippen molar-refractivity contribution < 1.29 is 13.9 Å². The van der Waals surface area contributed by atoms with Gasteiger partial charge in [-0.1, -0.05) is 0 Å². The monoisotopic (exact) mass is 417 g/mol. The molecule has 7 nitrogen and oxygen atoms in total. The number of ether oxygens (including phenoxy) is 1. The number of amides is 1. The molecule has 4 aromatic rings. The van der Waals surface area contributed by atoms with Crippen molar-refractivity contribution in [2.24, 2.45) is 0 Å². The first-order valence-corrected chi connectivity index (χ1v) is 9.99. The summed E-state index contributed by atoms with van der Waals surface area (Å²) < 4.78 is 20.6. The van der Waals surface area contributed by atoms with E-state index in [0.29, 0.717) is 34.6 Å². The summed E-state index contributed by atoms with van der Waals surface area (Å²) in [6.07, 6.45) is 3.28. The van der Waals surface area contributed by atoms with Gasteiger partial charge in [0.2, 0.25) is 0 Å². The van der Waals surface area contributed by atoms with E-state index >= 15 is 0 Å². The first-order chi connectivity index (χ1) is 15.0. The molecule has 156 valence electrons. The van der Waals surface area contributed by atoms with Crippen LogP contribution in [0.3, 0.4) is 0 Å². The van der Waals surface area contributed by atoms with Crippen molar-refractivity contribution in [3.05, 3.63) is 71.2 Å². The Balaban J connectivity index is 1.35. The first-order valence-electron chi connectivity index (χ1n) is 9.99. The third kappa shape index (κ3) is 3.50. The number of fused-ring (bicyclic) bond motifs is 2. The van der Waals surface area contributed by atoms with Crippen LogP contribution in [0, 0.1) is 19.7 Å². The number of halogens is 1. The second-order valence-electron chi connectivity index (χ2n) is 7.64. The first kappa shape index (κ1) is 19.2. The van der Waals surface area contributed by atoms with E-state index in [9.17, 15) is 9.18 Å². The van der Waals surface area contributed by atoms with Gasteiger partial charge < -0.3 is 15.0 Å². The van der Waals surface area contributed by atoms with Crippen molar-refractivity contribution in [2.45, 2.75) is 26.4 Å². The molecule has 0 unspecified atom stereocenters. The van der Waals surface area contributed by atoms with Gasteiger partial charge in [0.15, 0.2) is 0 Å². The van der Waals surface area contributed by atoms with Crippen LogP contribution >= 0.6 is 0 Å². The van der Waals surface area contributed by atoms with E-state index in [4.69, 9.17) is 4.74 Å². The molecule has 3 heterocycles. The van der Waals surface area contributed by atoms with Gasteiger partial charge in [0.25, 0.3) is 5.91 Å². The van der Waals surface area contributed by atoms with Gasteiger partial charge in [-0.05, 0) is 44.2 Å². The topological polar surface area (TPSA) is 92.8 Å². The Bertz CT molecular complexity index is 1320. The van der Waals surface area contributed by atoms with Crippen LogP contribution in [0.5, 0.6) is 5.75 Å². The molecule has 5 rings (SSSR count). The number of benzene rings is 2. The lowest BCUT2D eigenvalue weighted by Gasteiger charge is -2.14. The number of aromatic nitrogens is 4. The van der Waals surface area contributed by atoms with E-state index in [1.807, 2.05) is 13.8 Å². The number of H-pyrrole nitrogens is 1. The average molecular weight is 417 g/mol. The van der Waals surface area contributed by atoms with Gasteiger partial charge in [0.1, 0.15) is 17.7 Å². The molecule has 1 atom stereocenters. The Hall–Kier alpha value is -3.81. The van der Waals surface area contributed by atoms with E-state index in [2.05, 4.69) is 25.3 Å². The summed E-state index contributed by atoms with van der Waals surface area (Å²) in [4.78, 5) is 28.7. The van der Waals surface area contributed by atoms with E-state index in [1.165, 1.54) is 6.07 Å². The molecule has 2 aromatic heterocycles. The second kappa shape index (κ2) is 7.46. The van der Waals surface area contributed by atoms with Crippen LogP contribution < -0.4 is 10.1 Å². The lowest BCUT2D eigenvalue weighted by Crippen LogP contribution is -2.34. The van der Waals surface area contributed by atoms with Crippen molar-refractivity contribution in [1.29, 1.82) is 0 Å². The summed E-state index contributed by atoms with van der Waals surface area (Å²) in [5.41, 5.74) is 5.51. The molecule has 1 aliphatic heterocycles. The normalized spacial score (nSPS) is 15.0. The zero-order valence-corrected chi connectivity index (χ0v) is 17.1. The number of imidazole rings is 1. The fraction of sp³-hybridized carbons (Fsp3) is 0.217. The molecule has 2 aromatic carbocycles.